The summed E-state index contributed by atoms with van der Waals surface area (Å²) in [6.45, 7) is 0.927. The number of aliphatic hydroxyl groups excluding tert-OH is 1. The summed E-state index contributed by atoms with van der Waals surface area (Å²) < 4.78 is 40.9. The summed E-state index contributed by atoms with van der Waals surface area (Å²) in [6, 6.07) is 21.0. The monoisotopic (exact) mass is 632 g/mol. The summed E-state index contributed by atoms with van der Waals surface area (Å²) in [5, 5.41) is 24.7. The van der Waals surface area contributed by atoms with Gasteiger partial charge in [-0.1, -0.05) is 54.6 Å². The molecule has 0 aliphatic carbocycles. The van der Waals surface area contributed by atoms with Crippen molar-refractivity contribution in [2.24, 2.45) is 0 Å². The lowest BCUT2D eigenvalue weighted by Crippen LogP contribution is -2.40. The van der Waals surface area contributed by atoms with E-state index in [1.165, 1.54) is 12.1 Å². The zero-order chi connectivity index (χ0) is 31.8. The van der Waals surface area contributed by atoms with Crippen LogP contribution in [0.3, 0.4) is 0 Å². The summed E-state index contributed by atoms with van der Waals surface area (Å²) in [4.78, 5) is 23.7. The van der Waals surface area contributed by atoms with Gasteiger partial charge in [0.15, 0.2) is 0 Å². The van der Waals surface area contributed by atoms with Crippen LogP contribution < -0.4 is 14.8 Å². The number of ether oxygens (including phenoxy) is 3. The van der Waals surface area contributed by atoms with Gasteiger partial charge in [-0.3, -0.25) is 20.2 Å². The van der Waals surface area contributed by atoms with Crippen LogP contribution in [0.25, 0.3) is 22.2 Å². The zero-order valence-corrected chi connectivity index (χ0v) is 25.0. The van der Waals surface area contributed by atoms with Crippen LogP contribution in [0.2, 0.25) is 0 Å². The van der Waals surface area contributed by atoms with Crippen molar-refractivity contribution in [2.45, 2.75) is 32.7 Å². The molecule has 2 N–H and O–H groups in total. The normalized spacial score (nSPS) is 11.7. The number of carbonyl (C=O) groups is 1. The largest absolute Gasteiger partial charge is 0.488 e. The van der Waals surface area contributed by atoms with Crippen LogP contribution in [-0.2, 0) is 29.3 Å². The molecule has 13 heteroatoms. The van der Waals surface area contributed by atoms with Crippen molar-refractivity contribution < 1.29 is 33.4 Å². The van der Waals surface area contributed by atoms with E-state index in [4.69, 9.17) is 14.2 Å². The number of esters is 1. The molecule has 232 valence electrons. The molecule has 11 nitrogen and oxygen atoms in total. The van der Waals surface area contributed by atoms with Crippen molar-refractivity contribution in [1.29, 1.82) is 0 Å². The lowest BCUT2D eigenvalue weighted by Gasteiger charge is -2.18. The smallest absolute Gasteiger partial charge is 0.325 e. The molecule has 0 aliphatic rings. The van der Waals surface area contributed by atoms with Crippen LogP contribution in [0.1, 0.15) is 23.6 Å². The highest BCUT2D eigenvalue weighted by molar-refractivity contribution is 7.00. The molecule has 5 aromatic rings. The minimum Gasteiger partial charge on any atom is -0.488 e. The van der Waals surface area contributed by atoms with E-state index < -0.39 is 29.4 Å². The van der Waals surface area contributed by atoms with E-state index in [-0.39, 0.29) is 49.1 Å². The predicted molar refractivity (Wildman–Crippen MR) is 165 cm³/mol. The Morgan fingerprint density at radius 1 is 0.978 bits per heavy atom. The van der Waals surface area contributed by atoms with Crippen LogP contribution >= 0.6 is 11.7 Å². The Bertz CT molecular complexity index is 1800. The fourth-order valence-electron chi connectivity index (χ4n) is 4.59. The molecule has 0 bridgehead atoms. The number of nitrogens with one attached hydrogen (secondary N) is 1. The first kappa shape index (κ1) is 31.4. The quantitative estimate of drug-likeness (QED) is 0.0904. The van der Waals surface area contributed by atoms with Crippen LogP contribution in [0.5, 0.6) is 11.5 Å². The van der Waals surface area contributed by atoms with Gasteiger partial charge in [-0.2, -0.15) is 8.75 Å². The lowest BCUT2D eigenvalue weighted by atomic mass is 10.0. The van der Waals surface area contributed by atoms with Crippen molar-refractivity contribution in [3.63, 3.8) is 0 Å². The van der Waals surface area contributed by atoms with Gasteiger partial charge in [0.1, 0.15) is 41.9 Å². The highest BCUT2D eigenvalue weighted by Gasteiger charge is 2.24. The zero-order valence-electron chi connectivity index (χ0n) is 24.1. The fourth-order valence-corrected chi connectivity index (χ4v) is 5.11. The number of hydrogen-bond acceptors (Lipinski definition) is 11. The van der Waals surface area contributed by atoms with Crippen molar-refractivity contribution in [3.05, 3.63) is 111 Å². The van der Waals surface area contributed by atoms with E-state index in [2.05, 4.69) is 14.1 Å². The number of carbonyl (C=O) groups excluding carboxylic acids is 1. The molecule has 5 rings (SSSR count). The van der Waals surface area contributed by atoms with Gasteiger partial charge < -0.3 is 19.3 Å². The number of nitro benzene ring substituents is 1. The standard InChI is InChI=1S/C32H29FN4O7S/c1-2-42-32(39)27(17-38)34-16-23-14-28(37(40)41)30(15-29(23)43-18-20-11-12-25-26(13-20)36-45-35-25)44-19-22-9-6-10-24(31(22)33)21-7-4-3-5-8-21/h3-15,27,34,38H,2,16-19H2,1H3/t27-/m1/s1. The number of nitro groups is 1. The average molecular weight is 633 g/mol. The molecule has 4 aromatic carbocycles. The maximum absolute atomic E-state index is 15.5. The number of halogens is 1. The lowest BCUT2D eigenvalue weighted by molar-refractivity contribution is -0.386. The van der Waals surface area contributed by atoms with Crippen molar-refractivity contribution in [3.8, 4) is 22.6 Å². The van der Waals surface area contributed by atoms with Crippen molar-refractivity contribution in [2.75, 3.05) is 13.2 Å². The van der Waals surface area contributed by atoms with E-state index >= 15 is 4.39 Å². The van der Waals surface area contributed by atoms with Gasteiger partial charge >= 0.3 is 11.7 Å². The molecule has 0 unspecified atom stereocenters. The van der Waals surface area contributed by atoms with Crippen LogP contribution in [0.15, 0.2) is 78.9 Å². The first-order valence-corrected chi connectivity index (χ1v) is 14.7. The van der Waals surface area contributed by atoms with E-state index in [0.717, 1.165) is 22.8 Å². The second-order valence-electron chi connectivity index (χ2n) is 9.86. The summed E-state index contributed by atoms with van der Waals surface area (Å²) in [6.07, 6.45) is 0. The first-order valence-electron chi connectivity index (χ1n) is 14.0. The Morgan fingerprint density at radius 3 is 2.51 bits per heavy atom. The molecule has 0 aliphatic heterocycles. The Balaban J connectivity index is 1.44. The van der Waals surface area contributed by atoms with Crippen LogP contribution in [0, 0.1) is 15.9 Å². The van der Waals surface area contributed by atoms with Gasteiger partial charge in [0.2, 0.25) is 5.75 Å². The Hall–Kier alpha value is -4.98. The van der Waals surface area contributed by atoms with Gasteiger partial charge in [-0.25, -0.2) is 4.39 Å². The maximum atomic E-state index is 15.5. The molecule has 0 fully saturated rings. The molecule has 1 aromatic heterocycles. The number of aromatic nitrogens is 2. The topological polar surface area (TPSA) is 146 Å². The molecular formula is C32H29FN4O7S. The highest BCUT2D eigenvalue weighted by Crippen LogP contribution is 2.36. The number of benzene rings is 4. The molecule has 0 amide bonds. The Labute approximate surface area is 261 Å². The molecule has 0 radical (unpaired) electrons. The van der Waals surface area contributed by atoms with Crippen LogP contribution in [0.4, 0.5) is 10.1 Å². The molecule has 0 saturated carbocycles. The summed E-state index contributed by atoms with van der Waals surface area (Å²) in [5.41, 5.74) is 3.44. The number of nitrogens with zero attached hydrogens (tertiary/aromatic N) is 3. The third-order valence-corrected chi connectivity index (χ3v) is 7.45. The summed E-state index contributed by atoms with van der Waals surface area (Å²) in [7, 11) is 0. The number of aliphatic hydroxyl groups is 1. The van der Waals surface area contributed by atoms with Crippen LogP contribution in [-0.4, -0.2) is 44.0 Å². The minimum absolute atomic E-state index is 0.0762. The van der Waals surface area contributed by atoms with E-state index in [9.17, 15) is 20.0 Å². The van der Waals surface area contributed by atoms with Gasteiger partial charge in [0.05, 0.1) is 29.9 Å². The predicted octanol–water partition coefficient (Wildman–Crippen LogP) is 5.58. The number of hydrogen-bond donors (Lipinski definition) is 2. The third kappa shape index (κ3) is 7.58. The van der Waals surface area contributed by atoms with E-state index in [1.807, 2.05) is 24.3 Å². The number of rotatable bonds is 14. The average Bonchev–Trinajstić information content (AvgIpc) is 3.52. The number of fused-ring (bicyclic) bond motifs is 1. The first-order chi connectivity index (χ1) is 21.9. The molecule has 0 spiro atoms. The summed E-state index contributed by atoms with van der Waals surface area (Å²) >= 11 is 1.09. The van der Waals surface area contributed by atoms with E-state index in [0.29, 0.717) is 22.2 Å². The van der Waals surface area contributed by atoms with E-state index in [1.54, 1.807) is 49.4 Å². The molecule has 1 heterocycles. The highest BCUT2D eigenvalue weighted by atomic mass is 32.1. The van der Waals surface area contributed by atoms with Gasteiger partial charge in [0, 0.05) is 35.4 Å². The van der Waals surface area contributed by atoms with Gasteiger partial charge in [-0.05, 0) is 30.2 Å². The van der Waals surface area contributed by atoms with Gasteiger partial charge in [-0.15, -0.1) is 0 Å². The maximum Gasteiger partial charge on any atom is 0.325 e. The van der Waals surface area contributed by atoms with Gasteiger partial charge in [0.25, 0.3) is 0 Å². The third-order valence-electron chi connectivity index (χ3n) is 6.89. The molecule has 0 saturated heterocycles. The Kier molecular flexibility index (Phi) is 10.2. The second-order valence-corrected chi connectivity index (χ2v) is 10.4. The fraction of sp³-hybridized carbons (Fsp3) is 0.219. The molecule has 1 atom stereocenters. The van der Waals surface area contributed by atoms with Crippen molar-refractivity contribution in [1.82, 2.24) is 14.1 Å². The minimum atomic E-state index is -1.06. The Morgan fingerprint density at radius 2 is 1.76 bits per heavy atom. The summed E-state index contributed by atoms with van der Waals surface area (Å²) in [5.74, 6) is -1.07. The van der Waals surface area contributed by atoms with Crippen molar-refractivity contribution >= 4 is 34.4 Å². The second kappa shape index (κ2) is 14.7. The molecular weight excluding hydrogens is 603 g/mol. The SMILES string of the molecule is CCOC(=O)[C@@H](CO)NCc1cc([N+](=O)[O-])c(OCc2cccc(-c3ccccc3)c2F)cc1OCc1ccc2nsnc2c1. The molecule has 45 heavy (non-hydrogen) atoms.